The molecule has 1 aliphatic rings. The van der Waals surface area contributed by atoms with Crippen LogP contribution in [0.25, 0.3) is 0 Å². The molecule has 0 aromatic heterocycles. The van der Waals surface area contributed by atoms with Gasteiger partial charge in [0.05, 0.1) is 0 Å². The van der Waals surface area contributed by atoms with Crippen molar-refractivity contribution in [1.82, 2.24) is 0 Å². The largest absolute Gasteiger partial charge is 0.411 e. The monoisotopic (exact) mass is 139 g/mol. The lowest BCUT2D eigenvalue weighted by Crippen LogP contribution is -2.02. The van der Waals surface area contributed by atoms with Crippen molar-refractivity contribution in [3.63, 3.8) is 0 Å². The zero-order valence-corrected chi connectivity index (χ0v) is 6.03. The summed E-state index contributed by atoms with van der Waals surface area (Å²) in [7, 11) is 0. The van der Waals surface area contributed by atoms with Crippen LogP contribution < -0.4 is 0 Å². The summed E-state index contributed by atoms with van der Waals surface area (Å²) in [5.74, 6) is 0.709. The molecule has 1 N–H and O–H groups in total. The van der Waals surface area contributed by atoms with Crippen molar-refractivity contribution in [2.45, 2.75) is 25.7 Å². The molecule has 1 rings (SSSR count). The second kappa shape index (κ2) is 4.09. The van der Waals surface area contributed by atoms with E-state index in [-0.39, 0.29) is 0 Å². The third kappa shape index (κ3) is 2.21. The zero-order chi connectivity index (χ0) is 7.23. The molecule has 0 saturated heterocycles. The van der Waals surface area contributed by atoms with E-state index < -0.39 is 0 Å². The zero-order valence-electron chi connectivity index (χ0n) is 6.03. The lowest BCUT2D eigenvalue weighted by Gasteiger charge is -2.13. The molecule has 0 radical (unpaired) electrons. The molecule has 0 amide bonds. The maximum absolute atomic E-state index is 8.15. The molecule has 0 spiro atoms. The third-order valence-electron chi connectivity index (χ3n) is 1.90. The Morgan fingerprint density at radius 2 is 2.50 bits per heavy atom. The number of rotatable bonds is 2. The van der Waals surface area contributed by atoms with Crippen LogP contribution in [0.1, 0.15) is 25.7 Å². The van der Waals surface area contributed by atoms with Gasteiger partial charge in [-0.2, -0.15) is 0 Å². The van der Waals surface area contributed by atoms with Gasteiger partial charge in [-0.3, -0.25) is 0 Å². The smallest absolute Gasteiger partial charge is 0.0438 e. The molecule has 0 fully saturated rings. The number of hydrogen-bond acceptors (Lipinski definition) is 2. The maximum atomic E-state index is 8.15. The molecule has 2 nitrogen and oxygen atoms in total. The van der Waals surface area contributed by atoms with Crippen LogP contribution in [0.2, 0.25) is 0 Å². The number of allylic oxidation sites excluding steroid dienone is 2. The van der Waals surface area contributed by atoms with Crippen LogP contribution in [0, 0.1) is 5.92 Å². The molecule has 0 saturated carbocycles. The van der Waals surface area contributed by atoms with E-state index in [0.29, 0.717) is 5.92 Å². The molecule has 0 aliphatic heterocycles. The van der Waals surface area contributed by atoms with Gasteiger partial charge in [0.2, 0.25) is 0 Å². The summed E-state index contributed by atoms with van der Waals surface area (Å²) in [6.45, 7) is 0. The summed E-state index contributed by atoms with van der Waals surface area (Å²) in [4.78, 5) is 0. The van der Waals surface area contributed by atoms with Crippen molar-refractivity contribution in [3.05, 3.63) is 12.2 Å². The second-order valence-electron chi connectivity index (χ2n) is 2.68. The normalized spacial score (nSPS) is 25.8. The van der Waals surface area contributed by atoms with Gasteiger partial charge in [-0.15, -0.1) is 5.16 Å². The minimum atomic E-state index is 0.709. The molecule has 0 aromatic carbocycles. The third-order valence-corrected chi connectivity index (χ3v) is 1.90. The van der Waals surface area contributed by atoms with Crippen LogP contribution >= 0.6 is 0 Å². The highest BCUT2D eigenvalue weighted by Crippen LogP contribution is 2.19. The molecular weight excluding hydrogens is 126 g/mol. The summed E-state index contributed by atoms with van der Waals surface area (Å²) in [6, 6.07) is 0. The van der Waals surface area contributed by atoms with E-state index in [9.17, 15) is 0 Å². The predicted octanol–water partition coefficient (Wildman–Crippen LogP) is 2.19. The number of oxime groups is 1. The highest BCUT2D eigenvalue weighted by Gasteiger charge is 2.07. The Labute approximate surface area is 61.2 Å². The van der Waals surface area contributed by atoms with Gasteiger partial charge < -0.3 is 5.21 Å². The first-order valence-electron chi connectivity index (χ1n) is 3.74. The van der Waals surface area contributed by atoms with Gasteiger partial charge in [0.25, 0.3) is 0 Å². The minimum Gasteiger partial charge on any atom is -0.411 e. The van der Waals surface area contributed by atoms with Crippen LogP contribution in [0.4, 0.5) is 0 Å². The van der Waals surface area contributed by atoms with Gasteiger partial charge in [0, 0.05) is 6.21 Å². The standard InChI is InChI=1S/C8H13NO/c10-9-7-6-8-4-2-1-3-5-8/h1-2,7-8,10H,3-6H2. The first kappa shape index (κ1) is 7.32. The summed E-state index contributed by atoms with van der Waals surface area (Å²) in [5, 5.41) is 11.1. The van der Waals surface area contributed by atoms with Gasteiger partial charge in [-0.1, -0.05) is 12.2 Å². The van der Waals surface area contributed by atoms with Crippen molar-refractivity contribution >= 4 is 6.21 Å². The molecule has 1 aliphatic carbocycles. The van der Waals surface area contributed by atoms with E-state index in [0.717, 1.165) is 12.8 Å². The summed E-state index contributed by atoms with van der Waals surface area (Å²) >= 11 is 0. The molecule has 56 valence electrons. The minimum absolute atomic E-state index is 0.709. The van der Waals surface area contributed by atoms with Crippen molar-refractivity contribution in [3.8, 4) is 0 Å². The first-order chi connectivity index (χ1) is 4.93. The fraction of sp³-hybridized carbons (Fsp3) is 0.625. The quantitative estimate of drug-likeness (QED) is 0.270. The van der Waals surface area contributed by atoms with Gasteiger partial charge in [-0.25, -0.2) is 0 Å². The van der Waals surface area contributed by atoms with E-state index >= 15 is 0 Å². The molecule has 10 heavy (non-hydrogen) atoms. The van der Waals surface area contributed by atoms with Crippen molar-refractivity contribution < 1.29 is 5.21 Å². The molecule has 0 bridgehead atoms. The van der Waals surface area contributed by atoms with E-state index in [1.54, 1.807) is 6.21 Å². The fourth-order valence-electron chi connectivity index (χ4n) is 1.27. The molecule has 1 unspecified atom stereocenters. The van der Waals surface area contributed by atoms with Gasteiger partial charge in [0.1, 0.15) is 0 Å². The van der Waals surface area contributed by atoms with Gasteiger partial charge in [0.15, 0.2) is 0 Å². The maximum Gasteiger partial charge on any atom is 0.0438 e. The van der Waals surface area contributed by atoms with Gasteiger partial charge >= 0.3 is 0 Å². The molecule has 1 atom stereocenters. The first-order valence-corrected chi connectivity index (χ1v) is 3.74. The average Bonchev–Trinajstić information content (AvgIpc) is 2.03. The highest BCUT2D eigenvalue weighted by molar-refractivity contribution is 5.56. The Kier molecular flexibility index (Phi) is 3.00. The average molecular weight is 139 g/mol. The van der Waals surface area contributed by atoms with Gasteiger partial charge in [-0.05, 0) is 31.6 Å². The molecule has 2 heteroatoms. The van der Waals surface area contributed by atoms with Crippen LogP contribution in [0.5, 0.6) is 0 Å². The van der Waals surface area contributed by atoms with Crippen LogP contribution in [-0.4, -0.2) is 11.4 Å². The Hall–Kier alpha value is -0.790. The molecular formula is C8H13NO. The van der Waals surface area contributed by atoms with Crippen molar-refractivity contribution in [2.24, 2.45) is 11.1 Å². The second-order valence-corrected chi connectivity index (χ2v) is 2.68. The van der Waals surface area contributed by atoms with Crippen molar-refractivity contribution in [1.29, 1.82) is 0 Å². The Morgan fingerprint density at radius 1 is 1.60 bits per heavy atom. The Morgan fingerprint density at radius 3 is 3.10 bits per heavy atom. The van der Waals surface area contributed by atoms with Crippen molar-refractivity contribution in [2.75, 3.05) is 0 Å². The topological polar surface area (TPSA) is 32.6 Å². The fourth-order valence-corrected chi connectivity index (χ4v) is 1.27. The number of hydrogen-bond donors (Lipinski definition) is 1. The SMILES string of the molecule is ON=CCC1CC=CCC1. The van der Waals surface area contributed by atoms with Crippen LogP contribution in [0.3, 0.4) is 0 Å². The summed E-state index contributed by atoms with van der Waals surface area (Å²) < 4.78 is 0. The van der Waals surface area contributed by atoms with E-state index in [2.05, 4.69) is 17.3 Å². The van der Waals surface area contributed by atoms with Crippen LogP contribution in [0.15, 0.2) is 17.3 Å². The highest BCUT2D eigenvalue weighted by atomic mass is 16.4. The molecule has 0 heterocycles. The van der Waals surface area contributed by atoms with E-state index in [1.165, 1.54) is 12.8 Å². The van der Waals surface area contributed by atoms with Crippen LogP contribution in [-0.2, 0) is 0 Å². The Balaban J connectivity index is 2.22. The predicted molar refractivity (Wildman–Crippen MR) is 41.4 cm³/mol. The lowest BCUT2D eigenvalue weighted by atomic mass is 9.92. The Bertz CT molecular complexity index is 140. The number of nitrogens with zero attached hydrogens (tertiary/aromatic N) is 1. The van der Waals surface area contributed by atoms with E-state index in [4.69, 9.17) is 5.21 Å². The van der Waals surface area contributed by atoms with E-state index in [1.807, 2.05) is 0 Å². The lowest BCUT2D eigenvalue weighted by molar-refractivity contribution is 0.318. The molecule has 0 aromatic rings. The summed E-state index contributed by atoms with van der Waals surface area (Å²) in [5.41, 5.74) is 0. The summed E-state index contributed by atoms with van der Waals surface area (Å²) in [6.07, 6.45) is 10.5.